The number of halogens is 1. The second-order valence-corrected chi connectivity index (χ2v) is 36.1. The van der Waals surface area contributed by atoms with Crippen LogP contribution in [-0.4, -0.2) is 35.4 Å². The Morgan fingerprint density at radius 1 is 0.157 bits per heavy atom. The zero-order chi connectivity index (χ0) is 93.5. The van der Waals surface area contributed by atoms with Crippen molar-refractivity contribution in [3.8, 4) is 145 Å². The van der Waals surface area contributed by atoms with Crippen LogP contribution in [0.3, 0.4) is 0 Å². The van der Waals surface area contributed by atoms with Crippen molar-refractivity contribution in [3.05, 3.63) is 539 Å². The Morgan fingerprint density at radius 3 is 0.829 bits per heavy atom. The van der Waals surface area contributed by atoms with Crippen LogP contribution in [0.25, 0.3) is 232 Å². The molecule has 140 heavy (non-hydrogen) atoms. The van der Waals surface area contributed by atoms with Crippen LogP contribution in [0, 0.1) is 0 Å². The van der Waals surface area contributed by atoms with Gasteiger partial charge in [0, 0.05) is 65.6 Å². The minimum atomic E-state index is -1.41. The summed E-state index contributed by atoms with van der Waals surface area (Å²) < 4.78 is 9.69. The normalized spacial score (nSPS) is 11.4. The zero-order valence-corrected chi connectivity index (χ0v) is 77.2. The molecule has 0 aliphatic heterocycles. The van der Waals surface area contributed by atoms with E-state index in [2.05, 4.69) is 485 Å². The Hall–Kier alpha value is -17.7. The van der Waals surface area contributed by atoms with E-state index in [1.807, 2.05) is 54.6 Å². The van der Waals surface area contributed by atoms with Crippen LogP contribution < -0.4 is 5.46 Å². The van der Waals surface area contributed by atoms with Crippen LogP contribution in [-0.2, 0) is 0 Å². The van der Waals surface area contributed by atoms with Gasteiger partial charge in [-0.05, 0) is 238 Å². The maximum atomic E-state index is 9.05. The van der Waals surface area contributed by atoms with E-state index < -0.39 is 7.12 Å². The molecule has 0 unspecified atom stereocenters. The average molecular weight is 1810 g/mol. The lowest BCUT2D eigenvalue weighted by atomic mass is 9.79. The highest BCUT2D eigenvalue weighted by Crippen LogP contribution is 2.48. The number of para-hydroxylation sites is 2. The van der Waals surface area contributed by atoms with E-state index in [1.54, 1.807) is 12.1 Å². The molecular formula is C132H90BClN4O2. The van der Waals surface area contributed by atoms with E-state index in [-0.39, 0.29) is 0 Å². The van der Waals surface area contributed by atoms with Gasteiger partial charge in [0.2, 0.25) is 0 Å². The van der Waals surface area contributed by atoms with Gasteiger partial charge in [-0.1, -0.05) is 424 Å². The van der Waals surface area contributed by atoms with Crippen molar-refractivity contribution in [3.63, 3.8) is 0 Å². The smallest absolute Gasteiger partial charge is 0.423 e. The van der Waals surface area contributed by atoms with Gasteiger partial charge < -0.3 is 28.3 Å². The van der Waals surface area contributed by atoms with Crippen LogP contribution in [0.15, 0.2) is 534 Å². The monoisotopic (exact) mass is 1810 g/mol. The minimum Gasteiger partial charge on any atom is -0.423 e. The number of benzene rings is 22. The summed E-state index contributed by atoms with van der Waals surface area (Å²) in [5, 5.41) is 28.4. The first-order valence-electron chi connectivity index (χ1n) is 47.6. The van der Waals surface area contributed by atoms with Crippen molar-refractivity contribution in [2.75, 3.05) is 0 Å². The third kappa shape index (κ3) is 16.1. The molecular weight excluding hydrogens is 1720 g/mol. The summed E-state index contributed by atoms with van der Waals surface area (Å²) >= 11 is 7.04. The highest BCUT2D eigenvalue weighted by atomic mass is 35.5. The number of hydrogen-bond acceptors (Lipinski definition) is 2. The van der Waals surface area contributed by atoms with Crippen molar-refractivity contribution in [2.45, 2.75) is 0 Å². The molecule has 0 saturated heterocycles. The molecule has 0 atom stereocenters. The fraction of sp³-hybridized carbons (Fsp3) is 0. The minimum absolute atomic E-state index is 0.511. The van der Waals surface area contributed by atoms with Crippen LogP contribution in [0.2, 0.25) is 5.02 Å². The summed E-state index contributed by atoms with van der Waals surface area (Å²) in [4.78, 5) is 0. The fourth-order valence-electron chi connectivity index (χ4n) is 20.7. The third-order valence-corrected chi connectivity index (χ3v) is 27.8. The van der Waals surface area contributed by atoms with Crippen molar-refractivity contribution in [2.24, 2.45) is 0 Å². The van der Waals surface area contributed by atoms with Gasteiger partial charge >= 0.3 is 7.12 Å². The van der Waals surface area contributed by atoms with Crippen LogP contribution in [0.1, 0.15) is 0 Å². The van der Waals surface area contributed by atoms with Crippen molar-refractivity contribution in [1.29, 1.82) is 0 Å². The molecule has 0 saturated carbocycles. The van der Waals surface area contributed by atoms with E-state index in [4.69, 9.17) is 21.6 Å². The molecule has 26 rings (SSSR count). The first-order valence-corrected chi connectivity index (χ1v) is 47.9. The number of nitrogens with zero attached hydrogens (tertiary/aromatic N) is 4. The lowest BCUT2D eigenvalue weighted by Crippen LogP contribution is -2.29. The second kappa shape index (κ2) is 37.2. The molecule has 8 heteroatoms. The number of aromatic nitrogens is 4. The van der Waals surface area contributed by atoms with E-state index in [9.17, 15) is 0 Å². The lowest BCUT2D eigenvalue weighted by molar-refractivity contribution is 0.426. The van der Waals surface area contributed by atoms with Gasteiger partial charge in [-0.2, -0.15) is 0 Å². The molecule has 0 fully saturated rings. The van der Waals surface area contributed by atoms with Gasteiger partial charge in [-0.25, -0.2) is 0 Å². The summed E-state index contributed by atoms with van der Waals surface area (Å²) in [7, 11) is -1.41. The molecule has 0 aliphatic rings. The Labute approximate surface area is 817 Å². The van der Waals surface area contributed by atoms with Crippen molar-refractivity contribution in [1.82, 2.24) is 18.3 Å². The molecule has 4 aromatic heterocycles. The molecule has 0 amide bonds. The summed E-state index contributed by atoms with van der Waals surface area (Å²) in [6, 6.07) is 191. The van der Waals surface area contributed by atoms with Gasteiger partial charge in [0.15, 0.2) is 0 Å². The molecule has 660 valence electrons. The predicted molar refractivity (Wildman–Crippen MR) is 591 cm³/mol. The standard InChI is InChI=1S/C66H44N2.C54H35ClN2.C12H11BO2/c1-5-17-45(18-6-1)48-31-36-55(37-32-48)67-63-40-35-52(43-60(63)66-57(28-16-30-64(66)67)54-26-15-25-50(41-54)46-19-7-2-8-20-46)51-34-39-62-59(42-51)58-27-13-14-29-61(58)68(62)65-44-53(47-21-9-3-10-22-47)33-38-56(65)49-23-11-4-12-24-49;55-48-20-12-22-52-54(48)47-34-41(27-32-51(47)56(52)43-28-23-38(24-29-43)36-13-4-1-5-14-36)40-26-31-50-46(33-40)45-19-10-11-21-49(45)57(50)53-35-42(37-15-6-2-7-16-37)25-30-44(53)39-17-8-3-9-18-39;14-13(15)12-8-4-7-11(9-12)10-5-2-1-3-6-10/h1-44H;1-35H;1-9,14-15H. The molecule has 0 aliphatic carbocycles. The Morgan fingerprint density at radius 2 is 0.421 bits per heavy atom. The Kier molecular flexibility index (Phi) is 22.6. The van der Waals surface area contributed by atoms with E-state index in [1.165, 1.54) is 166 Å². The summed E-state index contributed by atoms with van der Waals surface area (Å²) in [5.74, 6) is 0. The molecule has 0 radical (unpaired) electrons. The van der Waals surface area contributed by atoms with Crippen LogP contribution >= 0.6 is 11.6 Å². The Bertz CT molecular complexity index is 9100. The van der Waals surface area contributed by atoms with Crippen LogP contribution in [0.4, 0.5) is 0 Å². The second-order valence-electron chi connectivity index (χ2n) is 35.7. The topological polar surface area (TPSA) is 60.2 Å². The predicted octanol–water partition coefficient (Wildman–Crippen LogP) is 34.1. The largest absolute Gasteiger partial charge is 0.488 e. The van der Waals surface area contributed by atoms with Gasteiger partial charge in [0.05, 0.1) is 60.5 Å². The quantitative estimate of drug-likeness (QED) is 0.0947. The van der Waals surface area contributed by atoms with E-state index >= 15 is 0 Å². The summed E-state index contributed by atoms with van der Waals surface area (Å²) in [5.41, 5.74) is 40.2. The van der Waals surface area contributed by atoms with Gasteiger partial charge in [-0.15, -0.1) is 0 Å². The van der Waals surface area contributed by atoms with E-state index in [0.717, 1.165) is 71.8 Å². The molecule has 4 heterocycles. The maximum Gasteiger partial charge on any atom is 0.488 e. The van der Waals surface area contributed by atoms with Gasteiger partial charge in [0.1, 0.15) is 0 Å². The third-order valence-electron chi connectivity index (χ3n) is 27.4. The maximum absolute atomic E-state index is 9.05. The fourth-order valence-corrected chi connectivity index (χ4v) is 21.0. The Balaban J connectivity index is 0.000000133. The number of fused-ring (bicyclic) bond motifs is 12. The highest BCUT2D eigenvalue weighted by Gasteiger charge is 2.25. The SMILES string of the molecule is Clc1cccc2c1c1cc(-c3ccc4c(c3)c3ccccc3n4-c3cc(-c4ccccc4)ccc3-c3ccccc3)ccc1n2-c1ccc(-c2ccccc2)cc1.OB(O)c1cccc(-c2ccccc2)c1.c1ccc(-c2ccc(-n3c4ccc(-c5ccc6c(c5)c5ccccc5n6-c5cc(-c6ccccc6)ccc5-c5ccccc5)cc4c4c(-c5cccc(-c6ccccc6)c5)cccc43)cc2)cc1. The molecule has 2 N–H and O–H groups in total. The molecule has 22 aromatic carbocycles. The summed E-state index contributed by atoms with van der Waals surface area (Å²) in [6.07, 6.45) is 0. The van der Waals surface area contributed by atoms with Gasteiger partial charge in [-0.3, -0.25) is 0 Å². The van der Waals surface area contributed by atoms with Crippen molar-refractivity contribution < 1.29 is 10.0 Å². The zero-order valence-electron chi connectivity index (χ0n) is 76.4. The number of hydrogen-bond donors (Lipinski definition) is 2. The molecule has 26 aromatic rings. The molecule has 0 spiro atoms. The van der Waals surface area contributed by atoms with Gasteiger partial charge in [0.25, 0.3) is 0 Å². The van der Waals surface area contributed by atoms with E-state index in [0.29, 0.717) is 5.46 Å². The first-order chi connectivity index (χ1) is 69.2. The van der Waals surface area contributed by atoms with Crippen LogP contribution in [0.5, 0.6) is 0 Å². The number of rotatable bonds is 16. The molecule has 6 nitrogen and oxygen atoms in total. The summed E-state index contributed by atoms with van der Waals surface area (Å²) in [6.45, 7) is 0. The first kappa shape index (κ1) is 85.2. The lowest BCUT2D eigenvalue weighted by Gasteiger charge is -2.16. The molecule has 0 bridgehead atoms. The highest BCUT2D eigenvalue weighted by molar-refractivity contribution is 6.58. The van der Waals surface area contributed by atoms with Crippen molar-refractivity contribution >= 4 is 111 Å². The average Bonchev–Trinajstić information content (AvgIpc) is 1.56.